The third-order valence-electron chi connectivity index (χ3n) is 4.55. The van der Waals surface area contributed by atoms with Gasteiger partial charge in [-0.1, -0.05) is 0 Å². The van der Waals surface area contributed by atoms with Crippen molar-refractivity contribution in [1.82, 2.24) is 20.9 Å². The average Bonchev–Trinajstić information content (AvgIpc) is 2.96. The van der Waals surface area contributed by atoms with Crippen LogP contribution in [-0.2, 0) is 28.7 Å². The van der Waals surface area contributed by atoms with Gasteiger partial charge in [0.2, 0.25) is 11.8 Å². The minimum absolute atomic E-state index is 0.0559. The van der Waals surface area contributed by atoms with Crippen LogP contribution in [0.2, 0.25) is 0 Å². The lowest BCUT2D eigenvalue weighted by Gasteiger charge is -2.32. The van der Waals surface area contributed by atoms with Crippen LogP contribution in [0.1, 0.15) is 19.3 Å². The van der Waals surface area contributed by atoms with E-state index in [0.717, 1.165) is 4.90 Å². The molecule has 0 spiro atoms. The monoisotopic (exact) mass is 446 g/mol. The molecule has 0 unspecified atom stereocenters. The molecule has 2 heterocycles. The van der Waals surface area contributed by atoms with E-state index < -0.39 is 79.1 Å². The van der Waals surface area contributed by atoms with Gasteiger partial charge in [0, 0.05) is 25.9 Å². The molecule has 0 aromatic rings. The molecule has 2 fully saturated rings. The van der Waals surface area contributed by atoms with Crippen molar-refractivity contribution in [3.8, 4) is 0 Å². The van der Waals surface area contributed by atoms with Crippen molar-refractivity contribution in [2.24, 2.45) is 0 Å². The highest BCUT2D eigenvalue weighted by Gasteiger charge is 2.50. The number of carbonyl (C=O) groups is 6. The molecule has 2 rings (SSSR count). The molecule has 2 saturated heterocycles. The second-order valence-electron chi connectivity index (χ2n) is 6.82. The molecule has 5 atom stereocenters. The van der Waals surface area contributed by atoms with Gasteiger partial charge in [0.1, 0.15) is 18.2 Å². The van der Waals surface area contributed by atoms with E-state index in [1.807, 2.05) is 10.6 Å². The minimum atomic E-state index is -1.70. The third kappa shape index (κ3) is 6.09. The normalized spacial score (nSPS) is 26.7. The largest absolute Gasteiger partial charge is 0.481 e. The van der Waals surface area contributed by atoms with Crippen LogP contribution >= 0.6 is 0 Å². The maximum Gasteiger partial charge on any atom is 0.326 e. The van der Waals surface area contributed by atoms with Crippen LogP contribution in [0.3, 0.4) is 0 Å². The molecule has 31 heavy (non-hydrogen) atoms. The number of hydrogen-bond donors (Lipinski definition) is 7. The highest BCUT2D eigenvalue weighted by atomic mass is 16.6. The number of ether oxygens (including phenoxy) is 1. The number of aliphatic carboxylic acids is 2. The number of carboxylic acids is 2. The van der Waals surface area contributed by atoms with Crippen LogP contribution in [0.15, 0.2) is 0 Å². The van der Waals surface area contributed by atoms with Crippen LogP contribution in [0.5, 0.6) is 0 Å². The summed E-state index contributed by atoms with van der Waals surface area (Å²) in [7, 11) is 0. The summed E-state index contributed by atoms with van der Waals surface area (Å²) < 4.78 is 5.29. The number of aliphatic hydroxyl groups is 2. The van der Waals surface area contributed by atoms with Gasteiger partial charge in [0.25, 0.3) is 5.91 Å². The number of carbonyl (C=O) groups excluding carboxylic acids is 4. The Balaban J connectivity index is 1.84. The molecule has 0 aliphatic carbocycles. The summed E-state index contributed by atoms with van der Waals surface area (Å²) in [5.41, 5.74) is 0. The van der Waals surface area contributed by atoms with Crippen molar-refractivity contribution in [1.29, 1.82) is 0 Å². The van der Waals surface area contributed by atoms with Gasteiger partial charge in [-0.2, -0.15) is 0 Å². The second kappa shape index (κ2) is 10.1. The molecule has 0 aromatic heterocycles. The van der Waals surface area contributed by atoms with Crippen LogP contribution in [0.25, 0.3) is 0 Å². The maximum absolute atomic E-state index is 12.2. The number of nitrogens with one attached hydrogen (secondary N) is 3. The van der Waals surface area contributed by atoms with E-state index in [1.165, 1.54) is 0 Å². The molecule has 7 N–H and O–H groups in total. The summed E-state index contributed by atoms with van der Waals surface area (Å²) in [5.74, 6) is -5.22. The van der Waals surface area contributed by atoms with Gasteiger partial charge in [-0.05, 0) is 0 Å². The van der Waals surface area contributed by atoms with Gasteiger partial charge in [0.15, 0.2) is 12.3 Å². The van der Waals surface area contributed by atoms with Crippen molar-refractivity contribution in [2.75, 3.05) is 13.1 Å². The zero-order valence-corrected chi connectivity index (χ0v) is 16.0. The van der Waals surface area contributed by atoms with E-state index in [1.54, 1.807) is 0 Å². The number of hydrogen-bond acceptors (Lipinski definition) is 9. The molecule has 172 valence electrons. The lowest BCUT2D eigenvalue weighted by Crippen LogP contribution is -2.56. The molecule has 0 radical (unpaired) electrons. The summed E-state index contributed by atoms with van der Waals surface area (Å²) in [4.78, 5) is 69.6. The first kappa shape index (κ1) is 24.0. The van der Waals surface area contributed by atoms with E-state index >= 15 is 0 Å². The molecule has 5 amide bonds. The number of carboxylic acid groups (broad SMARTS) is 2. The van der Waals surface area contributed by atoms with Gasteiger partial charge < -0.3 is 35.8 Å². The van der Waals surface area contributed by atoms with Crippen molar-refractivity contribution in [3.05, 3.63) is 0 Å². The quantitative estimate of drug-likeness (QED) is 0.180. The number of aliphatic hydroxyl groups excluding tert-OH is 2. The molecule has 0 saturated carbocycles. The summed E-state index contributed by atoms with van der Waals surface area (Å²) in [6.45, 7) is -0.398. The number of rotatable bonds is 9. The summed E-state index contributed by atoms with van der Waals surface area (Å²) in [6, 6.07) is -2.49. The molecule has 0 bridgehead atoms. The van der Waals surface area contributed by atoms with E-state index in [-0.39, 0.29) is 19.5 Å². The zero-order valence-electron chi connectivity index (χ0n) is 16.0. The third-order valence-corrected chi connectivity index (χ3v) is 4.55. The molecular formula is C16H22N4O11. The van der Waals surface area contributed by atoms with Gasteiger partial charge in [-0.15, -0.1) is 0 Å². The topological polar surface area (TPSA) is 232 Å². The smallest absolute Gasteiger partial charge is 0.326 e. The second-order valence-corrected chi connectivity index (χ2v) is 6.82. The van der Waals surface area contributed by atoms with Crippen LogP contribution in [0.4, 0.5) is 4.79 Å². The fraction of sp³-hybridized carbons (Fsp3) is 0.625. The van der Waals surface area contributed by atoms with Crippen LogP contribution in [-0.4, -0.2) is 105 Å². The summed E-state index contributed by atoms with van der Waals surface area (Å²) >= 11 is 0. The van der Waals surface area contributed by atoms with E-state index in [2.05, 4.69) is 5.32 Å². The van der Waals surface area contributed by atoms with E-state index in [4.69, 9.17) is 14.9 Å². The van der Waals surface area contributed by atoms with Gasteiger partial charge in [-0.3, -0.25) is 29.4 Å². The van der Waals surface area contributed by atoms with Gasteiger partial charge in [-0.25, -0.2) is 9.59 Å². The Bertz CT molecular complexity index is 773. The molecule has 0 aromatic carbocycles. The van der Waals surface area contributed by atoms with Crippen LogP contribution < -0.4 is 16.0 Å². The fourth-order valence-corrected chi connectivity index (χ4v) is 2.99. The molecular weight excluding hydrogens is 424 g/mol. The van der Waals surface area contributed by atoms with E-state index in [0.29, 0.717) is 0 Å². The molecule has 2 aliphatic heterocycles. The van der Waals surface area contributed by atoms with Crippen molar-refractivity contribution < 1.29 is 53.9 Å². The average molecular weight is 446 g/mol. The standard InChI is InChI=1S/C16H22N4O11/c21-7(18-6(15(28)29)5-9(23)24)1-3-17-13(27)12-10(25)11(26)14(31-12)20-4-2-8(22)19-16(20)30/h6,10-12,14,25-26H,1-5H2,(H,17,27)(H,18,21)(H,23,24)(H,28,29)(H,19,22,30)/t6-,10-,11+,12-,14+/m0/s1. The van der Waals surface area contributed by atoms with Gasteiger partial charge in [0.05, 0.1) is 6.42 Å². The molecule has 2 aliphatic rings. The lowest BCUT2D eigenvalue weighted by atomic mass is 10.1. The van der Waals surface area contributed by atoms with Crippen LogP contribution in [0, 0.1) is 0 Å². The van der Waals surface area contributed by atoms with E-state index in [9.17, 15) is 39.0 Å². The molecule has 15 heteroatoms. The predicted octanol–water partition coefficient (Wildman–Crippen LogP) is -4.07. The Labute approximate surface area is 174 Å². The number of nitrogens with zero attached hydrogens (tertiary/aromatic N) is 1. The first-order chi connectivity index (χ1) is 14.5. The highest BCUT2D eigenvalue weighted by Crippen LogP contribution is 2.25. The summed E-state index contributed by atoms with van der Waals surface area (Å²) in [5, 5.41) is 44.0. The fourth-order valence-electron chi connectivity index (χ4n) is 2.99. The number of imide groups is 1. The first-order valence-electron chi connectivity index (χ1n) is 9.15. The van der Waals surface area contributed by atoms with Crippen molar-refractivity contribution >= 4 is 35.7 Å². The van der Waals surface area contributed by atoms with Crippen molar-refractivity contribution in [3.63, 3.8) is 0 Å². The maximum atomic E-state index is 12.2. The zero-order chi connectivity index (χ0) is 23.3. The summed E-state index contributed by atoms with van der Waals surface area (Å²) in [6.07, 6.45) is -7.58. The number of urea groups is 1. The Morgan fingerprint density at radius 2 is 1.84 bits per heavy atom. The molecule has 15 nitrogen and oxygen atoms in total. The predicted molar refractivity (Wildman–Crippen MR) is 95.0 cm³/mol. The highest BCUT2D eigenvalue weighted by molar-refractivity contribution is 5.96. The Hall–Kier alpha value is -3.30. The number of amides is 5. The van der Waals surface area contributed by atoms with Gasteiger partial charge >= 0.3 is 18.0 Å². The Morgan fingerprint density at radius 1 is 1.16 bits per heavy atom. The lowest BCUT2D eigenvalue weighted by molar-refractivity contribution is -0.147. The Kier molecular flexibility index (Phi) is 7.84. The first-order valence-corrected chi connectivity index (χ1v) is 9.15. The van der Waals surface area contributed by atoms with Crippen molar-refractivity contribution in [2.45, 2.75) is 49.8 Å². The Morgan fingerprint density at radius 3 is 2.42 bits per heavy atom. The SMILES string of the molecule is O=C(O)C[C@H](NC(=O)CCNC(=O)[C@H]1O[C@@H](N2CCC(=O)NC2=O)[C@H](O)[C@@H]1O)C(=O)O. The minimum Gasteiger partial charge on any atom is -0.481 e.